The van der Waals surface area contributed by atoms with Gasteiger partial charge >= 0.3 is 0 Å². The van der Waals surface area contributed by atoms with Crippen molar-refractivity contribution < 1.29 is 8.42 Å². The van der Waals surface area contributed by atoms with Crippen molar-refractivity contribution in [2.45, 2.75) is 51.5 Å². The van der Waals surface area contributed by atoms with E-state index < -0.39 is 9.84 Å². The molecule has 18 heavy (non-hydrogen) atoms. The molecule has 0 atom stereocenters. The van der Waals surface area contributed by atoms with E-state index in [9.17, 15) is 8.42 Å². The molecule has 0 radical (unpaired) electrons. The van der Waals surface area contributed by atoms with Gasteiger partial charge in [0, 0.05) is 11.8 Å². The highest BCUT2D eigenvalue weighted by Crippen LogP contribution is 2.23. The molecule has 4 nitrogen and oxygen atoms in total. The minimum Gasteiger partial charge on any atom is -0.330 e. The van der Waals surface area contributed by atoms with Crippen LogP contribution in [0.25, 0.3) is 0 Å². The molecule has 0 spiro atoms. The molecule has 1 aliphatic carbocycles. The van der Waals surface area contributed by atoms with Gasteiger partial charge in [-0.25, -0.2) is 8.42 Å². The molecule has 0 heterocycles. The standard InChI is InChI=1S/C13H28N2O2S/c1-2-18(16,17)12-6-11-15(10-5-9-14)13-7-3-4-8-13/h13H,2-12,14H2,1H3. The van der Waals surface area contributed by atoms with Gasteiger partial charge in [0.15, 0.2) is 0 Å². The van der Waals surface area contributed by atoms with Crippen LogP contribution in [0, 0.1) is 0 Å². The van der Waals surface area contributed by atoms with E-state index in [1.807, 2.05) is 0 Å². The Morgan fingerprint density at radius 3 is 2.33 bits per heavy atom. The highest BCUT2D eigenvalue weighted by molar-refractivity contribution is 7.91. The summed E-state index contributed by atoms with van der Waals surface area (Å²) >= 11 is 0. The van der Waals surface area contributed by atoms with Gasteiger partial charge in [-0.1, -0.05) is 19.8 Å². The van der Waals surface area contributed by atoms with Gasteiger partial charge in [-0.2, -0.15) is 0 Å². The summed E-state index contributed by atoms with van der Waals surface area (Å²) in [4.78, 5) is 2.46. The van der Waals surface area contributed by atoms with E-state index in [1.54, 1.807) is 6.92 Å². The number of hydrogen-bond donors (Lipinski definition) is 1. The Morgan fingerprint density at radius 2 is 1.78 bits per heavy atom. The summed E-state index contributed by atoms with van der Waals surface area (Å²) in [5.41, 5.74) is 5.57. The van der Waals surface area contributed by atoms with E-state index in [-0.39, 0.29) is 5.75 Å². The van der Waals surface area contributed by atoms with Crippen LogP contribution in [-0.2, 0) is 9.84 Å². The third-order valence-electron chi connectivity index (χ3n) is 3.83. The Labute approximate surface area is 112 Å². The Morgan fingerprint density at radius 1 is 1.17 bits per heavy atom. The largest absolute Gasteiger partial charge is 0.330 e. The van der Waals surface area contributed by atoms with Crippen LogP contribution in [0.5, 0.6) is 0 Å². The van der Waals surface area contributed by atoms with Crippen molar-refractivity contribution in [3.8, 4) is 0 Å². The first kappa shape index (κ1) is 15.9. The molecule has 108 valence electrons. The zero-order valence-corrected chi connectivity index (χ0v) is 12.4. The summed E-state index contributed by atoms with van der Waals surface area (Å²) in [6, 6.07) is 0.667. The van der Waals surface area contributed by atoms with E-state index in [2.05, 4.69) is 4.90 Å². The second-order valence-corrected chi connectivity index (χ2v) is 7.68. The van der Waals surface area contributed by atoms with Crippen molar-refractivity contribution in [1.29, 1.82) is 0 Å². The molecule has 1 aliphatic rings. The molecule has 0 aliphatic heterocycles. The normalized spacial score (nSPS) is 17.7. The zero-order chi connectivity index (χ0) is 13.4. The Bertz CT molecular complexity index is 311. The third-order valence-corrected chi connectivity index (χ3v) is 5.62. The first-order valence-electron chi connectivity index (χ1n) is 7.23. The van der Waals surface area contributed by atoms with Gasteiger partial charge in [0.25, 0.3) is 0 Å². The van der Waals surface area contributed by atoms with E-state index in [1.165, 1.54) is 25.7 Å². The number of rotatable bonds is 9. The van der Waals surface area contributed by atoms with Gasteiger partial charge in [0.2, 0.25) is 0 Å². The van der Waals surface area contributed by atoms with Crippen LogP contribution in [0.3, 0.4) is 0 Å². The minimum atomic E-state index is -2.81. The fourth-order valence-corrected chi connectivity index (χ4v) is 3.53. The lowest BCUT2D eigenvalue weighted by molar-refractivity contribution is 0.198. The lowest BCUT2D eigenvalue weighted by Gasteiger charge is -2.28. The molecule has 0 aromatic rings. The quantitative estimate of drug-likeness (QED) is 0.691. The smallest absolute Gasteiger partial charge is 0.150 e. The molecule has 0 aromatic heterocycles. The van der Waals surface area contributed by atoms with Crippen LogP contribution < -0.4 is 5.73 Å². The highest BCUT2D eigenvalue weighted by Gasteiger charge is 2.22. The van der Waals surface area contributed by atoms with E-state index in [0.29, 0.717) is 11.8 Å². The van der Waals surface area contributed by atoms with Crippen molar-refractivity contribution in [1.82, 2.24) is 4.90 Å². The highest BCUT2D eigenvalue weighted by atomic mass is 32.2. The fourth-order valence-electron chi connectivity index (χ4n) is 2.67. The minimum absolute atomic E-state index is 0.263. The molecule has 1 rings (SSSR count). The lowest BCUT2D eigenvalue weighted by atomic mass is 10.2. The van der Waals surface area contributed by atoms with E-state index in [4.69, 9.17) is 5.73 Å². The molecule has 1 fully saturated rings. The maximum Gasteiger partial charge on any atom is 0.150 e. The zero-order valence-electron chi connectivity index (χ0n) is 11.6. The van der Waals surface area contributed by atoms with E-state index >= 15 is 0 Å². The van der Waals surface area contributed by atoms with Crippen molar-refractivity contribution in [3.05, 3.63) is 0 Å². The van der Waals surface area contributed by atoms with Crippen LogP contribution >= 0.6 is 0 Å². The SMILES string of the molecule is CCS(=O)(=O)CCCN(CCCN)C1CCCC1. The Kier molecular flexibility index (Phi) is 7.19. The summed E-state index contributed by atoms with van der Waals surface area (Å²) < 4.78 is 23.0. The van der Waals surface area contributed by atoms with Crippen molar-refractivity contribution >= 4 is 9.84 Å². The summed E-state index contributed by atoms with van der Waals surface area (Å²) in [6.45, 7) is 4.37. The van der Waals surface area contributed by atoms with Crippen molar-refractivity contribution in [2.24, 2.45) is 5.73 Å². The maximum absolute atomic E-state index is 11.5. The van der Waals surface area contributed by atoms with Gasteiger partial charge in [-0.05, 0) is 45.3 Å². The third kappa shape index (κ3) is 5.67. The predicted octanol–water partition coefficient (Wildman–Crippen LogP) is 1.40. The molecule has 5 heteroatoms. The number of nitrogens with two attached hydrogens (primary N) is 1. The van der Waals surface area contributed by atoms with Crippen LogP contribution in [0.4, 0.5) is 0 Å². The topological polar surface area (TPSA) is 63.4 Å². The van der Waals surface area contributed by atoms with E-state index in [0.717, 1.165) is 32.5 Å². The predicted molar refractivity (Wildman–Crippen MR) is 76.4 cm³/mol. The Balaban J connectivity index is 2.36. The Hall–Kier alpha value is -0.130. The molecule has 0 amide bonds. The molecular weight excluding hydrogens is 248 g/mol. The molecule has 0 aromatic carbocycles. The second kappa shape index (κ2) is 8.12. The van der Waals surface area contributed by atoms with Crippen LogP contribution in [0.2, 0.25) is 0 Å². The number of nitrogens with zero attached hydrogens (tertiary/aromatic N) is 1. The average molecular weight is 276 g/mol. The van der Waals surface area contributed by atoms with Gasteiger partial charge in [-0.3, -0.25) is 0 Å². The van der Waals surface area contributed by atoms with Gasteiger partial charge in [-0.15, -0.1) is 0 Å². The number of sulfone groups is 1. The first-order chi connectivity index (χ1) is 8.59. The number of hydrogen-bond acceptors (Lipinski definition) is 4. The van der Waals surface area contributed by atoms with Crippen LogP contribution in [0.1, 0.15) is 45.4 Å². The fraction of sp³-hybridized carbons (Fsp3) is 1.00. The summed E-state index contributed by atoms with van der Waals surface area (Å²) in [5.74, 6) is 0.592. The summed E-state index contributed by atoms with van der Waals surface area (Å²) in [6.07, 6.45) is 6.94. The molecule has 1 saturated carbocycles. The first-order valence-corrected chi connectivity index (χ1v) is 9.05. The maximum atomic E-state index is 11.5. The molecule has 0 unspecified atom stereocenters. The van der Waals surface area contributed by atoms with Gasteiger partial charge in [0.1, 0.15) is 9.84 Å². The van der Waals surface area contributed by atoms with Gasteiger partial charge in [0.05, 0.1) is 5.75 Å². The van der Waals surface area contributed by atoms with Crippen LogP contribution in [-0.4, -0.2) is 50.5 Å². The molecule has 0 bridgehead atoms. The lowest BCUT2D eigenvalue weighted by Crippen LogP contribution is -2.36. The monoisotopic (exact) mass is 276 g/mol. The van der Waals surface area contributed by atoms with Crippen molar-refractivity contribution in [3.63, 3.8) is 0 Å². The summed E-state index contributed by atoms with van der Waals surface area (Å²) in [5, 5.41) is 0. The van der Waals surface area contributed by atoms with Crippen molar-refractivity contribution in [2.75, 3.05) is 31.1 Å². The molecule has 0 saturated heterocycles. The molecule has 2 N–H and O–H groups in total. The average Bonchev–Trinajstić information content (AvgIpc) is 2.87. The van der Waals surface area contributed by atoms with Gasteiger partial charge < -0.3 is 10.6 Å². The molecular formula is C13H28N2O2S. The van der Waals surface area contributed by atoms with Crippen LogP contribution in [0.15, 0.2) is 0 Å². The summed E-state index contributed by atoms with van der Waals surface area (Å²) in [7, 11) is -2.81. The second-order valence-electron chi connectivity index (χ2n) is 5.21.